The van der Waals surface area contributed by atoms with E-state index in [-0.39, 0.29) is 49.8 Å². The van der Waals surface area contributed by atoms with Crippen LogP contribution in [0, 0.1) is 23.7 Å². The molecule has 5 atom stereocenters. The number of rotatable bonds is 15. The summed E-state index contributed by atoms with van der Waals surface area (Å²) >= 11 is 0. The van der Waals surface area contributed by atoms with Gasteiger partial charge in [-0.05, 0) is 69.7 Å². The van der Waals surface area contributed by atoms with Gasteiger partial charge in [-0.2, -0.15) is 0 Å². The normalized spacial score (nSPS) is 20.1. The summed E-state index contributed by atoms with van der Waals surface area (Å²) in [7, 11) is 0. The molecule has 0 aliphatic carbocycles. The van der Waals surface area contributed by atoms with Gasteiger partial charge in [-0.3, -0.25) is 33.9 Å². The van der Waals surface area contributed by atoms with Crippen molar-refractivity contribution in [3.05, 3.63) is 71.9 Å². The molecule has 0 fully saturated rings. The molecule has 0 bridgehead atoms. The molecule has 5 amide bonds. The number of unbranched alkanes of at least 4 members (excludes halogenated alkanes) is 2. The van der Waals surface area contributed by atoms with Crippen LogP contribution in [0.5, 0.6) is 0 Å². The number of benzene rings is 2. The zero-order valence-corrected chi connectivity index (χ0v) is 35.6. The number of hydrogen-bond donors (Lipinski definition) is 6. The molecule has 324 valence electrons. The summed E-state index contributed by atoms with van der Waals surface area (Å²) in [6.07, 6.45) is 6.27. The fraction of sp³-hybridized carbons (Fsp3) is 0.522. The summed E-state index contributed by atoms with van der Waals surface area (Å²) in [6, 6.07) is 13.6. The maximum absolute atomic E-state index is 14.3. The second-order valence-electron chi connectivity index (χ2n) is 16.3. The van der Waals surface area contributed by atoms with Crippen LogP contribution in [0.3, 0.4) is 0 Å². The highest BCUT2D eigenvalue weighted by atomic mass is 16.2. The van der Waals surface area contributed by atoms with Crippen LogP contribution in [-0.4, -0.2) is 94.0 Å². The first-order valence-corrected chi connectivity index (χ1v) is 21.3. The number of amides is 5. The van der Waals surface area contributed by atoms with E-state index in [1.807, 2.05) is 61.5 Å². The van der Waals surface area contributed by atoms with Gasteiger partial charge in [-0.1, -0.05) is 93.5 Å². The van der Waals surface area contributed by atoms with Gasteiger partial charge in [0.1, 0.15) is 6.04 Å². The molecule has 0 saturated heterocycles. The average Bonchev–Trinajstić information content (AvgIpc) is 3.63. The summed E-state index contributed by atoms with van der Waals surface area (Å²) in [5.74, 6) is 8.19. The van der Waals surface area contributed by atoms with Crippen molar-refractivity contribution in [1.82, 2.24) is 30.8 Å². The number of hydrazine groups is 1. The fourth-order valence-electron chi connectivity index (χ4n) is 7.43. The first kappa shape index (κ1) is 47.2. The smallest absolute Gasteiger partial charge is 0.333 e. The quantitative estimate of drug-likeness (QED) is 0.0561. The fourth-order valence-corrected chi connectivity index (χ4v) is 7.43. The molecule has 0 spiro atoms. The first-order valence-electron chi connectivity index (χ1n) is 21.3. The van der Waals surface area contributed by atoms with Crippen molar-refractivity contribution in [2.45, 2.75) is 122 Å². The lowest BCUT2D eigenvalue weighted by Gasteiger charge is -2.26. The van der Waals surface area contributed by atoms with Gasteiger partial charge in [0.05, 0.1) is 25.2 Å². The van der Waals surface area contributed by atoms with Gasteiger partial charge >= 0.3 is 6.03 Å². The second kappa shape index (κ2) is 23.9. The Morgan fingerprint density at radius 2 is 1.67 bits per heavy atom. The van der Waals surface area contributed by atoms with E-state index in [9.17, 15) is 28.8 Å². The number of hydrogen-bond acceptors (Lipinski definition) is 8. The van der Waals surface area contributed by atoms with Gasteiger partial charge in [0.15, 0.2) is 11.6 Å². The number of urea groups is 1. The average molecular weight is 825 g/mol. The van der Waals surface area contributed by atoms with E-state index in [1.165, 1.54) is 0 Å². The van der Waals surface area contributed by atoms with Crippen molar-refractivity contribution in [3.8, 4) is 11.8 Å². The van der Waals surface area contributed by atoms with Gasteiger partial charge in [-0.15, -0.1) is 0 Å². The minimum Gasteiger partial charge on any atom is -0.368 e. The molecule has 4 rings (SSSR count). The molecule has 60 heavy (non-hydrogen) atoms. The highest BCUT2D eigenvalue weighted by molar-refractivity contribution is 5.96. The number of aromatic amines is 1. The topological polar surface area (TPSA) is 213 Å². The minimum absolute atomic E-state index is 0.0559. The third-order valence-corrected chi connectivity index (χ3v) is 11.2. The maximum atomic E-state index is 14.3. The molecule has 14 nitrogen and oxygen atoms in total. The Labute approximate surface area is 354 Å². The number of fused-ring (bicyclic) bond motifs is 1. The standard InChI is InChI=1S/C46H64N8O6/c1-5-6-8-22-39(43(47)57)51-45(59)34(27-33-17-9-7-10-18-33)29-42(56)38-21-13-14-23-53(31(2)3)24-15-16-25-54(48)46(60)52-40(41(55)26-32(4)44(58)50-38)28-35-30-49-37-20-12-11-19-36(35)37/h7,9-12,17-20,30-32,34,38-40,49H,5-6,8,13-14,21-29,48H2,1-4H3,(H2,47,57)(H,50,58)(H,51,59)(H,52,60)/t32-,34+,38+,39+,40-/m1/s1. The van der Waals surface area contributed by atoms with Crippen molar-refractivity contribution < 1.29 is 28.8 Å². The predicted octanol–water partition coefficient (Wildman–Crippen LogP) is 4.31. The number of nitrogens with one attached hydrogen (secondary N) is 4. The lowest BCUT2D eigenvalue weighted by atomic mass is 9.89. The van der Waals surface area contributed by atoms with Crippen LogP contribution in [0.15, 0.2) is 60.8 Å². The molecule has 0 radical (unpaired) electrons. The van der Waals surface area contributed by atoms with Crippen molar-refractivity contribution in [2.24, 2.45) is 23.4 Å². The van der Waals surface area contributed by atoms with E-state index in [0.29, 0.717) is 45.2 Å². The van der Waals surface area contributed by atoms with Crippen LogP contribution in [0.25, 0.3) is 10.9 Å². The van der Waals surface area contributed by atoms with Gasteiger partial charge in [0.2, 0.25) is 17.7 Å². The molecule has 0 saturated carbocycles. The van der Waals surface area contributed by atoms with E-state index < -0.39 is 53.7 Å². The van der Waals surface area contributed by atoms with Crippen molar-refractivity contribution in [1.29, 1.82) is 0 Å². The van der Waals surface area contributed by atoms with Crippen LogP contribution in [0.2, 0.25) is 0 Å². The van der Waals surface area contributed by atoms with Crippen molar-refractivity contribution >= 4 is 46.2 Å². The van der Waals surface area contributed by atoms with Gasteiger partial charge < -0.3 is 26.7 Å². The third-order valence-electron chi connectivity index (χ3n) is 11.2. The summed E-state index contributed by atoms with van der Waals surface area (Å²) < 4.78 is 0. The van der Waals surface area contributed by atoms with Crippen LogP contribution < -0.4 is 27.5 Å². The monoisotopic (exact) mass is 824 g/mol. The Morgan fingerprint density at radius 1 is 0.950 bits per heavy atom. The SMILES string of the molecule is CCCCC[C@H](NC(=O)[C@H](CC(=O)[C@@H]1CCCCN(C(C)C)CC#CCN(N)C(=O)N[C@H](Cc2c[nH]c3ccccc23)C(=O)C[C@@H](C)C(=O)N1)Cc1ccccc1)C(N)=O. The number of H-pyrrole nitrogens is 1. The van der Waals surface area contributed by atoms with E-state index in [0.717, 1.165) is 39.9 Å². The number of Topliss-reactive ketones (excluding diaryl/α,β-unsaturated/α-hetero) is 2. The number of nitrogens with two attached hydrogens (primary N) is 2. The van der Waals surface area contributed by atoms with Crippen LogP contribution in [0.1, 0.15) is 96.6 Å². The Morgan fingerprint density at radius 3 is 2.38 bits per heavy atom. The highest BCUT2D eigenvalue weighted by Crippen LogP contribution is 2.22. The summed E-state index contributed by atoms with van der Waals surface area (Å²) in [5, 5.41) is 10.4. The van der Waals surface area contributed by atoms with Crippen LogP contribution >= 0.6 is 0 Å². The Bertz CT molecular complexity index is 1970. The van der Waals surface area contributed by atoms with Crippen molar-refractivity contribution in [2.75, 3.05) is 19.6 Å². The number of aromatic nitrogens is 1. The predicted molar refractivity (Wildman–Crippen MR) is 233 cm³/mol. The molecule has 0 unspecified atom stereocenters. The lowest BCUT2D eigenvalue weighted by molar-refractivity contribution is -0.134. The Balaban J connectivity index is 1.60. The number of primary amides is 1. The number of ketones is 2. The molecule has 1 aliphatic rings. The molecule has 8 N–H and O–H groups in total. The maximum Gasteiger partial charge on any atom is 0.333 e. The zero-order valence-electron chi connectivity index (χ0n) is 35.6. The number of para-hydroxylation sites is 1. The molecule has 2 heterocycles. The third kappa shape index (κ3) is 14.6. The van der Waals surface area contributed by atoms with E-state index in [4.69, 9.17) is 11.6 Å². The molecule has 3 aromatic rings. The molecular weight excluding hydrogens is 761 g/mol. The first-order chi connectivity index (χ1) is 28.8. The van der Waals surface area contributed by atoms with Gasteiger partial charge in [0.25, 0.3) is 0 Å². The number of nitrogens with zero attached hydrogens (tertiary/aromatic N) is 2. The minimum atomic E-state index is -1.02. The number of carbonyl (C=O) groups is 6. The van der Waals surface area contributed by atoms with E-state index in [2.05, 4.69) is 51.5 Å². The highest BCUT2D eigenvalue weighted by Gasteiger charge is 2.32. The van der Waals surface area contributed by atoms with E-state index >= 15 is 0 Å². The molecular formula is C46H64N8O6. The van der Waals surface area contributed by atoms with Gasteiger partial charge in [0, 0.05) is 54.2 Å². The van der Waals surface area contributed by atoms with Crippen LogP contribution in [-0.2, 0) is 36.8 Å². The van der Waals surface area contributed by atoms with Gasteiger partial charge in [-0.25, -0.2) is 10.6 Å². The summed E-state index contributed by atoms with van der Waals surface area (Å²) in [6.45, 7) is 8.81. The zero-order chi connectivity index (χ0) is 43.6. The Hall–Kier alpha value is -5.52. The number of carbonyl (C=O) groups excluding carboxylic acids is 6. The van der Waals surface area contributed by atoms with E-state index in [1.54, 1.807) is 13.1 Å². The second-order valence-corrected chi connectivity index (χ2v) is 16.3. The summed E-state index contributed by atoms with van der Waals surface area (Å²) in [4.78, 5) is 87.2. The molecule has 14 heteroatoms. The summed E-state index contributed by atoms with van der Waals surface area (Å²) in [5.41, 5.74) is 8.22. The lowest BCUT2D eigenvalue weighted by Crippen LogP contribution is -2.52. The largest absolute Gasteiger partial charge is 0.368 e. The van der Waals surface area contributed by atoms with Crippen molar-refractivity contribution in [3.63, 3.8) is 0 Å². The molecule has 2 aromatic carbocycles. The van der Waals surface area contributed by atoms with Crippen LogP contribution in [0.4, 0.5) is 4.79 Å². The molecule has 1 aliphatic heterocycles. The Kier molecular flexibility index (Phi) is 18.8. The molecule has 1 aromatic heterocycles.